The molecule has 0 heterocycles. The summed E-state index contributed by atoms with van der Waals surface area (Å²) in [5.74, 6) is -2.00. The fraction of sp³-hybridized carbons (Fsp3) is 0.895. The summed E-state index contributed by atoms with van der Waals surface area (Å²) in [7, 11) is -8.89. The Morgan fingerprint density at radius 3 is 1.27 bits per heavy atom. The molecular weight excluding hydrogens is 453 g/mol. The summed E-state index contributed by atoms with van der Waals surface area (Å²) in [5, 5.41) is 0. The average Bonchev–Trinajstić information content (AvgIpc) is 2.46. The number of hydrogen-bond acceptors (Lipinski definition) is 7. The molecule has 0 N–H and O–H groups in total. The molecule has 0 aromatic rings. The van der Waals surface area contributed by atoms with E-state index in [9.17, 15) is 9.59 Å². The van der Waals surface area contributed by atoms with Crippen LogP contribution in [-0.4, -0.2) is 58.9 Å². The highest BCUT2D eigenvalue weighted by atomic mass is 28.5. The molecule has 0 aliphatic rings. The lowest BCUT2D eigenvalue weighted by molar-refractivity contribution is -0.161. The first-order valence-electron chi connectivity index (χ1n) is 10.9. The van der Waals surface area contributed by atoms with Gasteiger partial charge in [-0.3, -0.25) is 9.59 Å². The summed E-state index contributed by atoms with van der Waals surface area (Å²) < 4.78 is 30.1. The minimum absolute atomic E-state index is 0.226. The number of carbonyl (C=O) groups is 2. The lowest BCUT2D eigenvalue weighted by Crippen LogP contribution is -2.60. The normalized spacial score (nSPS) is 13.5. The maximum Gasteiger partial charge on any atom is 0.469 e. The number of rotatable bonds is 14. The Kier molecular flexibility index (Phi) is 11.9. The van der Waals surface area contributed by atoms with Gasteiger partial charge >= 0.3 is 20.7 Å². The second kappa shape index (κ2) is 12.1. The molecule has 0 bridgehead atoms. The van der Waals surface area contributed by atoms with Crippen molar-refractivity contribution in [1.29, 1.82) is 0 Å². The van der Waals surface area contributed by atoms with Gasteiger partial charge in [-0.05, 0) is 85.6 Å². The maximum absolute atomic E-state index is 12.3. The largest absolute Gasteiger partial charge is 0.469 e. The molecule has 0 aliphatic heterocycles. The van der Waals surface area contributed by atoms with E-state index in [-0.39, 0.29) is 13.2 Å². The van der Waals surface area contributed by atoms with E-state index in [1.165, 1.54) is 0 Å². The van der Waals surface area contributed by atoms with Crippen molar-refractivity contribution in [2.75, 3.05) is 13.2 Å². The van der Waals surface area contributed by atoms with Crippen LogP contribution in [0.1, 0.15) is 26.7 Å². The summed E-state index contributed by atoms with van der Waals surface area (Å²) in [4.78, 5) is 24.6. The molecule has 0 aromatic carbocycles. The first-order valence-corrected chi connectivity index (χ1v) is 23.0. The molecule has 0 rings (SSSR count). The Labute approximate surface area is 187 Å². The highest BCUT2D eigenvalue weighted by molar-refractivity contribution is 6.90. The topological polar surface area (TPSA) is 80.3 Å². The average molecular weight is 497 g/mol. The van der Waals surface area contributed by atoms with Gasteiger partial charge in [0.15, 0.2) is 30.9 Å². The SMILES string of the molecule is CCOC(=O)C(CCC[Si](O[Si](C)(C)C)(O[Si](C)(C)C)O[Si](C)(C)C)C(=O)OCC. The Morgan fingerprint density at radius 1 is 0.667 bits per heavy atom. The fourth-order valence-corrected chi connectivity index (χ4v) is 17.6. The first-order chi connectivity index (χ1) is 13.4. The van der Waals surface area contributed by atoms with Gasteiger partial charge in [-0.15, -0.1) is 0 Å². The van der Waals surface area contributed by atoms with E-state index >= 15 is 0 Å². The van der Waals surface area contributed by atoms with E-state index in [1.54, 1.807) is 13.8 Å². The summed E-state index contributed by atoms with van der Waals surface area (Å²) >= 11 is 0. The zero-order chi connectivity index (χ0) is 23.8. The van der Waals surface area contributed by atoms with Crippen molar-refractivity contribution in [1.82, 2.24) is 0 Å². The van der Waals surface area contributed by atoms with Crippen molar-refractivity contribution >= 4 is 45.7 Å². The van der Waals surface area contributed by atoms with Crippen LogP contribution >= 0.6 is 0 Å². The van der Waals surface area contributed by atoms with Crippen LogP contribution in [0, 0.1) is 5.92 Å². The first kappa shape index (κ1) is 29.7. The molecule has 7 nitrogen and oxygen atoms in total. The van der Waals surface area contributed by atoms with Crippen LogP contribution in [0.15, 0.2) is 0 Å². The third-order valence-corrected chi connectivity index (χ3v) is 15.5. The third kappa shape index (κ3) is 13.2. The molecule has 0 fully saturated rings. The number of esters is 2. The van der Waals surface area contributed by atoms with Gasteiger partial charge < -0.3 is 21.8 Å². The molecular formula is C19H44O7Si4. The van der Waals surface area contributed by atoms with E-state index in [2.05, 4.69) is 58.9 Å². The van der Waals surface area contributed by atoms with Crippen LogP contribution in [-0.2, 0) is 31.4 Å². The zero-order valence-electron chi connectivity index (χ0n) is 21.0. The van der Waals surface area contributed by atoms with Crippen molar-refractivity contribution in [2.24, 2.45) is 5.92 Å². The van der Waals surface area contributed by atoms with E-state index in [0.29, 0.717) is 18.9 Å². The van der Waals surface area contributed by atoms with Gasteiger partial charge in [-0.25, -0.2) is 0 Å². The Hall–Kier alpha value is -0.312. The molecule has 0 radical (unpaired) electrons. The molecule has 0 aliphatic carbocycles. The van der Waals surface area contributed by atoms with Crippen LogP contribution in [0.25, 0.3) is 0 Å². The minimum Gasteiger partial charge on any atom is -0.465 e. The van der Waals surface area contributed by atoms with Gasteiger partial charge in [0.25, 0.3) is 0 Å². The second-order valence-corrected chi connectivity index (χ2v) is 27.3. The van der Waals surface area contributed by atoms with Crippen molar-refractivity contribution in [3.63, 3.8) is 0 Å². The van der Waals surface area contributed by atoms with Crippen molar-refractivity contribution < 1.29 is 31.4 Å². The molecule has 0 aromatic heterocycles. The number of ether oxygens (including phenoxy) is 2. The maximum atomic E-state index is 12.3. The Morgan fingerprint density at radius 2 is 1.00 bits per heavy atom. The minimum atomic E-state index is -2.99. The van der Waals surface area contributed by atoms with Gasteiger partial charge in [0, 0.05) is 6.04 Å². The molecule has 0 saturated carbocycles. The summed E-state index contributed by atoms with van der Waals surface area (Å²) in [6.45, 7) is 23.1. The van der Waals surface area contributed by atoms with Gasteiger partial charge in [0.05, 0.1) is 13.2 Å². The van der Waals surface area contributed by atoms with Gasteiger partial charge in [-0.1, -0.05) is 0 Å². The standard InChI is InChI=1S/C19H44O7Si4/c1-12-22-18(20)17(19(21)23-13-2)15-14-16-30(24-27(3,4)5,25-28(6,7)8)26-29(9,10)11/h17H,12-16H2,1-11H3. The van der Waals surface area contributed by atoms with Crippen molar-refractivity contribution in [3.8, 4) is 0 Å². The highest BCUT2D eigenvalue weighted by Gasteiger charge is 2.49. The molecule has 0 saturated heterocycles. The second-order valence-electron chi connectivity index (χ2n) is 10.3. The van der Waals surface area contributed by atoms with E-state index < -0.39 is 51.6 Å². The van der Waals surface area contributed by atoms with Crippen LogP contribution in [0.4, 0.5) is 0 Å². The van der Waals surface area contributed by atoms with Crippen LogP contribution in [0.2, 0.25) is 65.0 Å². The number of hydrogen-bond donors (Lipinski definition) is 0. The molecule has 0 atom stereocenters. The number of carbonyl (C=O) groups excluding carboxylic acids is 2. The Balaban J connectivity index is 5.68. The summed E-state index contributed by atoms with van der Waals surface area (Å²) in [6.07, 6.45) is 0.888. The van der Waals surface area contributed by atoms with E-state index in [4.69, 9.17) is 21.8 Å². The molecule has 0 amide bonds. The zero-order valence-corrected chi connectivity index (χ0v) is 25.0. The van der Waals surface area contributed by atoms with Gasteiger partial charge in [0.1, 0.15) is 0 Å². The van der Waals surface area contributed by atoms with Gasteiger partial charge in [-0.2, -0.15) is 0 Å². The molecule has 0 spiro atoms. The van der Waals surface area contributed by atoms with Crippen LogP contribution in [0.3, 0.4) is 0 Å². The summed E-state index contributed by atoms with van der Waals surface area (Å²) in [5.41, 5.74) is 0. The predicted octanol–water partition coefficient (Wildman–Crippen LogP) is 5.00. The van der Waals surface area contributed by atoms with Crippen molar-refractivity contribution in [2.45, 2.75) is 91.7 Å². The molecule has 11 heteroatoms. The van der Waals surface area contributed by atoms with E-state index in [1.807, 2.05) is 0 Å². The lowest BCUT2D eigenvalue weighted by Gasteiger charge is -2.43. The summed E-state index contributed by atoms with van der Waals surface area (Å²) in [6, 6.07) is 0.571. The monoisotopic (exact) mass is 496 g/mol. The molecule has 30 heavy (non-hydrogen) atoms. The van der Waals surface area contributed by atoms with E-state index in [0.717, 1.165) is 0 Å². The Bertz CT molecular complexity index is 492. The van der Waals surface area contributed by atoms with Crippen molar-refractivity contribution in [3.05, 3.63) is 0 Å². The third-order valence-electron chi connectivity index (χ3n) is 3.50. The van der Waals surface area contributed by atoms with Crippen LogP contribution < -0.4 is 0 Å². The fourth-order valence-electron chi connectivity index (χ4n) is 2.96. The lowest BCUT2D eigenvalue weighted by atomic mass is 10.0. The highest BCUT2D eigenvalue weighted by Crippen LogP contribution is 2.31. The molecule has 0 unspecified atom stereocenters. The predicted molar refractivity (Wildman–Crippen MR) is 130 cm³/mol. The quantitative estimate of drug-likeness (QED) is 0.190. The van der Waals surface area contributed by atoms with Crippen LogP contribution in [0.5, 0.6) is 0 Å². The smallest absolute Gasteiger partial charge is 0.465 e. The van der Waals surface area contributed by atoms with Gasteiger partial charge in [0.2, 0.25) is 0 Å². The molecule has 178 valence electrons.